The van der Waals surface area contributed by atoms with Gasteiger partial charge < -0.3 is 16.2 Å². The zero-order valence-electron chi connectivity index (χ0n) is 10.4. The fourth-order valence-corrected chi connectivity index (χ4v) is 1.57. The Morgan fingerprint density at radius 1 is 1.22 bits per heavy atom. The lowest BCUT2D eigenvalue weighted by Crippen LogP contribution is -2.26. The SMILES string of the molecule is Cl.NCCCCc1ccc(C(=O)NCCO)cc1. The van der Waals surface area contributed by atoms with E-state index in [0.717, 1.165) is 25.8 Å². The number of nitrogens with two attached hydrogens (primary N) is 1. The second-order valence-corrected chi connectivity index (χ2v) is 3.92. The van der Waals surface area contributed by atoms with Crippen LogP contribution in [0.25, 0.3) is 0 Å². The van der Waals surface area contributed by atoms with E-state index in [0.29, 0.717) is 5.56 Å². The van der Waals surface area contributed by atoms with Crippen molar-refractivity contribution in [3.63, 3.8) is 0 Å². The molecule has 0 aromatic heterocycles. The molecule has 4 N–H and O–H groups in total. The van der Waals surface area contributed by atoms with Crippen LogP contribution >= 0.6 is 12.4 Å². The Morgan fingerprint density at radius 3 is 2.44 bits per heavy atom. The summed E-state index contributed by atoms with van der Waals surface area (Å²) >= 11 is 0. The van der Waals surface area contributed by atoms with Crippen molar-refractivity contribution >= 4 is 18.3 Å². The Hall–Kier alpha value is -1.10. The van der Waals surface area contributed by atoms with Gasteiger partial charge >= 0.3 is 0 Å². The number of hydrogen-bond donors (Lipinski definition) is 3. The fraction of sp³-hybridized carbons (Fsp3) is 0.462. The average molecular weight is 273 g/mol. The Kier molecular flexibility index (Phi) is 9.28. The highest BCUT2D eigenvalue weighted by atomic mass is 35.5. The van der Waals surface area contributed by atoms with Crippen molar-refractivity contribution < 1.29 is 9.90 Å². The van der Waals surface area contributed by atoms with E-state index in [2.05, 4.69) is 5.32 Å². The van der Waals surface area contributed by atoms with Gasteiger partial charge in [0.05, 0.1) is 6.61 Å². The highest BCUT2D eigenvalue weighted by Crippen LogP contribution is 2.07. The zero-order valence-corrected chi connectivity index (χ0v) is 11.2. The van der Waals surface area contributed by atoms with Crippen molar-refractivity contribution in [1.29, 1.82) is 0 Å². The fourth-order valence-electron chi connectivity index (χ4n) is 1.57. The van der Waals surface area contributed by atoms with Crippen LogP contribution in [0.4, 0.5) is 0 Å². The summed E-state index contributed by atoms with van der Waals surface area (Å²) in [6, 6.07) is 7.55. The lowest BCUT2D eigenvalue weighted by molar-refractivity contribution is 0.0945. The minimum atomic E-state index is -0.146. The van der Waals surface area contributed by atoms with Crippen LogP contribution < -0.4 is 11.1 Å². The molecular formula is C13H21ClN2O2. The van der Waals surface area contributed by atoms with Crippen molar-refractivity contribution in [2.24, 2.45) is 5.73 Å². The molecule has 18 heavy (non-hydrogen) atoms. The number of unbranched alkanes of at least 4 members (excludes halogenated alkanes) is 1. The molecule has 0 aliphatic heterocycles. The van der Waals surface area contributed by atoms with Gasteiger partial charge in [0.1, 0.15) is 0 Å². The number of benzene rings is 1. The highest BCUT2D eigenvalue weighted by molar-refractivity contribution is 5.94. The maximum Gasteiger partial charge on any atom is 0.251 e. The molecule has 5 heteroatoms. The molecule has 0 saturated heterocycles. The molecule has 0 unspecified atom stereocenters. The molecule has 0 fully saturated rings. The number of aliphatic hydroxyl groups excluding tert-OH is 1. The summed E-state index contributed by atoms with van der Waals surface area (Å²) < 4.78 is 0. The molecule has 4 nitrogen and oxygen atoms in total. The first kappa shape index (κ1) is 16.9. The highest BCUT2D eigenvalue weighted by Gasteiger charge is 2.03. The Balaban J connectivity index is 0.00000289. The first-order chi connectivity index (χ1) is 8.27. The number of aryl methyl sites for hydroxylation is 1. The smallest absolute Gasteiger partial charge is 0.251 e. The van der Waals surface area contributed by atoms with Crippen LogP contribution in [0.1, 0.15) is 28.8 Å². The lowest BCUT2D eigenvalue weighted by atomic mass is 10.1. The Labute approximate surface area is 114 Å². The first-order valence-electron chi connectivity index (χ1n) is 5.96. The molecule has 1 amide bonds. The van der Waals surface area contributed by atoms with Gasteiger partial charge in [-0.25, -0.2) is 0 Å². The standard InChI is InChI=1S/C13H20N2O2.ClH/c14-8-2-1-3-11-4-6-12(7-5-11)13(17)15-9-10-16;/h4-7,16H,1-3,8-10,14H2,(H,15,17);1H. The van der Waals surface area contributed by atoms with E-state index in [9.17, 15) is 4.79 Å². The van der Waals surface area contributed by atoms with Crippen LogP contribution in [0.5, 0.6) is 0 Å². The third-order valence-corrected chi connectivity index (χ3v) is 2.53. The molecule has 1 aromatic rings. The third-order valence-electron chi connectivity index (χ3n) is 2.53. The number of carbonyl (C=O) groups excluding carboxylic acids is 1. The Morgan fingerprint density at radius 2 is 1.89 bits per heavy atom. The normalized spacial score (nSPS) is 9.67. The van der Waals surface area contributed by atoms with Crippen molar-refractivity contribution in [1.82, 2.24) is 5.32 Å². The minimum Gasteiger partial charge on any atom is -0.395 e. The summed E-state index contributed by atoms with van der Waals surface area (Å²) in [6.07, 6.45) is 3.10. The number of hydrogen-bond acceptors (Lipinski definition) is 3. The van der Waals surface area contributed by atoms with E-state index in [1.807, 2.05) is 24.3 Å². The molecule has 0 atom stereocenters. The van der Waals surface area contributed by atoms with Gasteiger partial charge in [0, 0.05) is 12.1 Å². The number of halogens is 1. The van der Waals surface area contributed by atoms with Crippen LogP contribution in [0.2, 0.25) is 0 Å². The van der Waals surface area contributed by atoms with E-state index in [1.54, 1.807) is 0 Å². The zero-order chi connectivity index (χ0) is 12.5. The summed E-state index contributed by atoms with van der Waals surface area (Å²) in [5.41, 5.74) is 7.28. The largest absolute Gasteiger partial charge is 0.395 e. The van der Waals surface area contributed by atoms with Gasteiger partial charge in [0.25, 0.3) is 5.91 Å². The van der Waals surface area contributed by atoms with Crippen molar-refractivity contribution in [2.45, 2.75) is 19.3 Å². The summed E-state index contributed by atoms with van der Waals surface area (Å²) in [5.74, 6) is -0.146. The number of nitrogens with one attached hydrogen (secondary N) is 1. The van der Waals surface area contributed by atoms with E-state index in [-0.39, 0.29) is 31.5 Å². The second-order valence-electron chi connectivity index (χ2n) is 3.92. The summed E-state index contributed by atoms with van der Waals surface area (Å²) in [6.45, 7) is 0.974. The quantitative estimate of drug-likeness (QED) is 0.651. The van der Waals surface area contributed by atoms with Crippen LogP contribution in [-0.2, 0) is 6.42 Å². The van der Waals surface area contributed by atoms with E-state index in [1.165, 1.54) is 5.56 Å². The van der Waals surface area contributed by atoms with Crippen LogP contribution in [0, 0.1) is 0 Å². The Bertz CT molecular complexity index is 341. The van der Waals surface area contributed by atoms with E-state index >= 15 is 0 Å². The predicted octanol–water partition coefficient (Wildman–Crippen LogP) is 1.11. The summed E-state index contributed by atoms with van der Waals surface area (Å²) in [7, 11) is 0. The molecule has 0 heterocycles. The molecule has 1 rings (SSSR count). The molecule has 0 spiro atoms. The topological polar surface area (TPSA) is 75.4 Å². The second kappa shape index (κ2) is 9.88. The summed E-state index contributed by atoms with van der Waals surface area (Å²) in [4.78, 5) is 11.5. The maximum absolute atomic E-state index is 11.5. The maximum atomic E-state index is 11.5. The molecule has 0 aliphatic carbocycles. The van der Waals surface area contributed by atoms with Crippen molar-refractivity contribution in [3.8, 4) is 0 Å². The first-order valence-corrected chi connectivity index (χ1v) is 5.96. The summed E-state index contributed by atoms with van der Waals surface area (Å²) in [5, 5.41) is 11.2. The van der Waals surface area contributed by atoms with Gasteiger partial charge in [-0.05, 0) is 43.5 Å². The van der Waals surface area contributed by atoms with Gasteiger partial charge in [0.2, 0.25) is 0 Å². The van der Waals surface area contributed by atoms with Gasteiger partial charge in [0.15, 0.2) is 0 Å². The number of rotatable bonds is 7. The molecule has 1 aromatic carbocycles. The van der Waals surface area contributed by atoms with Gasteiger partial charge in [-0.2, -0.15) is 0 Å². The predicted molar refractivity (Wildman–Crippen MR) is 75.1 cm³/mol. The molecule has 0 bridgehead atoms. The molecule has 0 aliphatic rings. The van der Waals surface area contributed by atoms with Crippen LogP contribution in [0.3, 0.4) is 0 Å². The third kappa shape index (κ3) is 6.00. The molecule has 0 saturated carbocycles. The molecular weight excluding hydrogens is 252 g/mol. The minimum absolute atomic E-state index is 0. The number of amides is 1. The van der Waals surface area contributed by atoms with Gasteiger partial charge in [-0.3, -0.25) is 4.79 Å². The monoisotopic (exact) mass is 272 g/mol. The molecule has 0 radical (unpaired) electrons. The van der Waals surface area contributed by atoms with Gasteiger partial charge in [-0.15, -0.1) is 12.4 Å². The van der Waals surface area contributed by atoms with E-state index < -0.39 is 0 Å². The van der Waals surface area contributed by atoms with Crippen LogP contribution in [-0.4, -0.2) is 30.7 Å². The number of carbonyl (C=O) groups is 1. The van der Waals surface area contributed by atoms with Crippen molar-refractivity contribution in [2.75, 3.05) is 19.7 Å². The van der Waals surface area contributed by atoms with Crippen LogP contribution in [0.15, 0.2) is 24.3 Å². The van der Waals surface area contributed by atoms with Crippen molar-refractivity contribution in [3.05, 3.63) is 35.4 Å². The lowest BCUT2D eigenvalue weighted by Gasteiger charge is -2.05. The average Bonchev–Trinajstić information content (AvgIpc) is 2.37. The molecule has 102 valence electrons. The number of aliphatic hydroxyl groups is 1. The van der Waals surface area contributed by atoms with Gasteiger partial charge in [-0.1, -0.05) is 12.1 Å². The van der Waals surface area contributed by atoms with E-state index in [4.69, 9.17) is 10.8 Å².